The number of hydrogen-bond donors (Lipinski definition) is 1. The monoisotopic (exact) mass is 304 g/mol. The van der Waals surface area contributed by atoms with Crippen molar-refractivity contribution in [3.63, 3.8) is 0 Å². The van der Waals surface area contributed by atoms with Gasteiger partial charge in [0.25, 0.3) is 0 Å². The number of aliphatic carboxylic acids is 1. The van der Waals surface area contributed by atoms with Crippen molar-refractivity contribution in [2.24, 2.45) is 0 Å². The van der Waals surface area contributed by atoms with Crippen LogP contribution in [-0.2, 0) is 11.2 Å². The van der Waals surface area contributed by atoms with E-state index in [-0.39, 0.29) is 0 Å². The Kier molecular flexibility index (Phi) is 4.58. The normalized spacial score (nSPS) is 12.2. The molecule has 1 atom stereocenters. The first-order chi connectivity index (χ1) is 9.90. The molecule has 0 aliphatic carbocycles. The van der Waals surface area contributed by atoms with Crippen molar-refractivity contribution in [2.75, 3.05) is 0 Å². The van der Waals surface area contributed by atoms with E-state index in [9.17, 15) is 4.79 Å². The Morgan fingerprint density at radius 2 is 1.81 bits per heavy atom. The molecule has 1 unspecified atom stereocenters. The minimum atomic E-state index is -0.872. The van der Waals surface area contributed by atoms with Crippen LogP contribution in [0.15, 0.2) is 24.3 Å². The molecule has 1 aromatic heterocycles. The van der Waals surface area contributed by atoms with E-state index < -0.39 is 11.9 Å². The van der Waals surface area contributed by atoms with Crippen LogP contribution < -0.4 is 0 Å². The molecule has 0 saturated heterocycles. The lowest BCUT2D eigenvalue weighted by Crippen LogP contribution is -2.14. The molecule has 0 aliphatic rings. The molecule has 5 heteroatoms. The highest BCUT2D eigenvalue weighted by Crippen LogP contribution is 2.23. The quantitative estimate of drug-likeness (QED) is 0.938. The Balaban J connectivity index is 2.36. The smallest absolute Gasteiger partial charge is 0.310 e. The standard InChI is InChI=1S/C16H17ClN2O2/c1-9(16(20)21)15-10(2)18-14(19-11(15)3)8-12-6-4-5-7-13(12)17/h4-7,9H,8H2,1-3H3,(H,20,21). The SMILES string of the molecule is Cc1nc(Cc2ccccc2Cl)nc(C)c1C(C)C(=O)O. The van der Waals surface area contributed by atoms with E-state index in [4.69, 9.17) is 16.7 Å². The van der Waals surface area contributed by atoms with Gasteiger partial charge in [0, 0.05) is 28.4 Å². The lowest BCUT2D eigenvalue weighted by atomic mass is 9.98. The zero-order valence-corrected chi connectivity index (χ0v) is 13.0. The molecule has 1 heterocycles. The molecule has 0 saturated carbocycles. The third-order valence-corrected chi connectivity index (χ3v) is 3.85. The summed E-state index contributed by atoms with van der Waals surface area (Å²) in [6.45, 7) is 5.29. The van der Waals surface area contributed by atoms with Crippen LogP contribution in [-0.4, -0.2) is 21.0 Å². The number of carbonyl (C=O) groups is 1. The average molecular weight is 305 g/mol. The van der Waals surface area contributed by atoms with Crippen LogP contribution in [0, 0.1) is 13.8 Å². The van der Waals surface area contributed by atoms with Gasteiger partial charge in [-0.25, -0.2) is 9.97 Å². The summed E-state index contributed by atoms with van der Waals surface area (Å²) in [5.41, 5.74) is 3.06. The fourth-order valence-electron chi connectivity index (χ4n) is 2.44. The predicted molar refractivity (Wildman–Crippen MR) is 81.8 cm³/mol. The van der Waals surface area contributed by atoms with E-state index in [0.717, 1.165) is 5.56 Å². The Morgan fingerprint density at radius 3 is 2.33 bits per heavy atom. The van der Waals surface area contributed by atoms with E-state index in [1.165, 1.54) is 0 Å². The van der Waals surface area contributed by atoms with E-state index in [1.54, 1.807) is 6.92 Å². The minimum Gasteiger partial charge on any atom is -0.481 e. The highest BCUT2D eigenvalue weighted by molar-refractivity contribution is 6.31. The maximum absolute atomic E-state index is 11.2. The molecule has 2 aromatic rings. The van der Waals surface area contributed by atoms with Gasteiger partial charge in [0.1, 0.15) is 5.82 Å². The number of hydrogen-bond acceptors (Lipinski definition) is 3. The molecule has 0 bridgehead atoms. The average Bonchev–Trinajstić information content (AvgIpc) is 2.40. The second kappa shape index (κ2) is 6.22. The Morgan fingerprint density at radius 1 is 1.24 bits per heavy atom. The topological polar surface area (TPSA) is 63.1 Å². The van der Waals surface area contributed by atoms with Gasteiger partial charge in [0.2, 0.25) is 0 Å². The number of aromatic nitrogens is 2. The van der Waals surface area contributed by atoms with E-state index >= 15 is 0 Å². The summed E-state index contributed by atoms with van der Waals surface area (Å²) >= 11 is 6.14. The van der Waals surface area contributed by atoms with Crippen LogP contribution in [0.25, 0.3) is 0 Å². The van der Waals surface area contributed by atoms with E-state index in [1.807, 2.05) is 38.1 Å². The van der Waals surface area contributed by atoms with Crippen LogP contribution in [0.3, 0.4) is 0 Å². The summed E-state index contributed by atoms with van der Waals surface area (Å²) in [7, 11) is 0. The van der Waals surface area contributed by atoms with Crippen LogP contribution in [0.5, 0.6) is 0 Å². The largest absolute Gasteiger partial charge is 0.481 e. The Bertz CT molecular complexity index is 663. The minimum absolute atomic E-state index is 0.531. The van der Waals surface area contributed by atoms with E-state index in [0.29, 0.717) is 34.2 Å². The van der Waals surface area contributed by atoms with Crippen molar-refractivity contribution in [1.29, 1.82) is 0 Å². The molecular formula is C16H17ClN2O2. The van der Waals surface area contributed by atoms with Crippen molar-refractivity contribution < 1.29 is 9.90 Å². The van der Waals surface area contributed by atoms with Gasteiger partial charge in [-0.3, -0.25) is 4.79 Å². The maximum Gasteiger partial charge on any atom is 0.310 e. The summed E-state index contributed by atoms with van der Waals surface area (Å²) in [4.78, 5) is 20.0. The van der Waals surface area contributed by atoms with Crippen LogP contribution in [0.1, 0.15) is 41.2 Å². The predicted octanol–water partition coefficient (Wildman–Crippen LogP) is 3.53. The molecule has 0 aliphatic heterocycles. The number of nitrogens with zero attached hydrogens (tertiary/aromatic N) is 2. The number of carboxylic acids is 1. The first-order valence-corrected chi connectivity index (χ1v) is 7.08. The number of rotatable bonds is 4. The molecule has 21 heavy (non-hydrogen) atoms. The molecule has 0 amide bonds. The molecule has 4 nitrogen and oxygen atoms in total. The molecule has 0 fully saturated rings. The molecule has 110 valence electrons. The highest BCUT2D eigenvalue weighted by atomic mass is 35.5. The summed E-state index contributed by atoms with van der Waals surface area (Å²) in [6, 6.07) is 7.56. The van der Waals surface area contributed by atoms with Crippen molar-refractivity contribution >= 4 is 17.6 Å². The molecule has 0 spiro atoms. The summed E-state index contributed by atoms with van der Waals surface area (Å²) < 4.78 is 0. The van der Waals surface area contributed by atoms with Gasteiger partial charge >= 0.3 is 5.97 Å². The first kappa shape index (κ1) is 15.4. The zero-order chi connectivity index (χ0) is 15.6. The van der Waals surface area contributed by atoms with Crippen LogP contribution in [0.2, 0.25) is 5.02 Å². The second-order valence-electron chi connectivity index (χ2n) is 5.05. The number of aryl methyl sites for hydroxylation is 2. The maximum atomic E-state index is 11.2. The van der Waals surface area contributed by atoms with Gasteiger partial charge in [-0.05, 0) is 32.4 Å². The van der Waals surface area contributed by atoms with Gasteiger partial charge in [0.05, 0.1) is 5.92 Å². The van der Waals surface area contributed by atoms with E-state index in [2.05, 4.69) is 9.97 Å². The Hall–Kier alpha value is -1.94. The van der Waals surface area contributed by atoms with Crippen molar-refractivity contribution in [3.05, 3.63) is 57.6 Å². The van der Waals surface area contributed by atoms with Crippen molar-refractivity contribution in [1.82, 2.24) is 9.97 Å². The fraction of sp³-hybridized carbons (Fsp3) is 0.312. The van der Waals surface area contributed by atoms with Crippen LogP contribution in [0.4, 0.5) is 0 Å². The first-order valence-electron chi connectivity index (χ1n) is 6.70. The summed E-state index contributed by atoms with van der Waals surface area (Å²) in [5, 5.41) is 9.83. The third kappa shape index (κ3) is 3.39. The molecule has 2 rings (SSSR count). The third-order valence-electron chi connectivity index (χ3n) is 3.48. The van der Waals surface area contributed by atoms with Gasteiger partial charge in [-0.2, -0.15) is 0 Å². The van der Waals surface area contributed by atoms with Gasteiger partial charge in [-0.15, -0.1) is 0 Å². The number of carboxylic acid groups (broad SMARTS) is 1. The molecule has 1 N–H and O–H groups in total. The zero-order valence-electron chi connectivity index (χ0n) is 12.2. The van der Waals surface area contributed by atoms with Crippen LogP contribution >= 0.6 is 11.6 Å². The van der Waals surface area contributed by atoms with Gasteiger partial charge in [-0.1, -0.05) is 29.8 Å². The number of halogens is 1. The number of benzene rings is 1. The lowest BCUT2D eigenvalue weighted by molar-refractivity contribution is -0.138. The van der Waals surface area contributed by atoms with Crippen molar-refractivity contribution in [3.8, 4) is 0 Å². The fourth-order valence-corrected chi connectivity index (χ4v) is 2.64. The molecule has 0 radical (unpaired) electrons. The van der Waals surface area contributed by atoms with Gasteiger partial charge < -0.3 is 5.11 Å². The summed E-state index contributed by atoms with van der Waals surface area (Å²) in [5.74, 6) is -0.831. The second-order valence-corrected chi connectivity index (χ2v) is 5.46. The van der Waals surface area contributed by atoms with Crippen molar-refractivity contribution in [2.45, 2.75) is 33.1 Å². The Labute approximate surface area is 128 Å². The molecule has 1 aromatic carbocycles. The van der Waals surface area contributed by atoms with Gasteiger partial charge in [0.15, 0.2) is 0 Å². The lowest BCUT2D eigenvalue weighted by Gasteiger charge is -2.14. The summed E-state index contributed by atoms with van der Waals surface area (Å²) in [6.07, 6.45) is 0.531. The molecular weight excluding hydrogens is 288 g/mol. The highest BCUT2D eigenvalue weighted by Gasteiger charge is 2.20.